The first kappa shape index (κ1) is 15.5. The van der Waals surface area contributed by atoms with Gasteiger partial charge in [0.2, 0.25) is 0 Å². The maximum Gasteiger partial charge on any atom is 0.416 e. The van der Waals surface area contributed by atoms with Gasteiger partial charge < -0.3 is 10.2 Å². The third kappa shape index (κ3) is 2.77. The molecular formula is C19H19F3N2. The topological polar surface area (TPSA) is 15.3 Å². The number of benzene rings is 2. The standard InChI is InChI=1S/C19H19F3N2/c20-19(21,22)16-3-1-2-13(11-16)14-4-5-18-15(10-14)12-17-6-7-23-8-9-24(17)18/h1-5,10-11,17,23H,6-9,12H2. The Hall–Kier alpha value is -2.01. The fourth-order valence-electron chi connectivity index (χ4n) is 3.80. The van der Waals surface area contributed by atoms with E-state index in [0.29, 0.717) is 11.6 Å². The Morgan fingerprint density at radius 3 is 2.67 bits per heavy atom. The second-order valence-corrected chi connectivity index (χ2v) is 6.51. The maximum atomic E-state index is 12.9. The summed E-state index contributed by atoms with van der Waals surface area (Å²) >= 11 is 0. The molecule has 0 spiro atoms. The van der Waals surface area contributed by atoms with Crippen molar-refractivity contribution in [3.05, 3.63) is 53.6 Å². The zero-order chi connectivity index (χ0) is 16.7. The van der Waals surface area contributed by atoms with Crippen LogP contribution in [0.4, 0.5) is 18.9 Å². The summed E-state index contributed by atoms with van der Waals surface area (Å²) in [4.78, 5) is 2.44. The Morgan fingerprint density at radius 2 is 1.83 bits per heavy atom. The molecule has 0 bridgehead atoms. The molecule has 4 rings (SSSR count). The van der Waals surface area contributed by atoms with Gasteiger partial charge in [0.25, 0.3) is 0 Å². The quantitative estimate of drug-likeness (QED) is 0.846. The molecule has 126 valence electrons. The maximum absolute atomic E-state index is 12.9. The number of halogens is 3. The molecule has 1 fully saturated rings. The van der Waals surface area contributed by atoms with Gasteiger partial charge in [0.05, 0.1) is 5.56 Å². The van der Waals surface area contributed by atoms with Crippen LogP contribution in [0.1, 0.15) is 17.5 Å². The normalized spacial score (nSPS) is 20.5. The Kier molecular flexibility index (Phi) is 3.76. The number of rotatable bonds is 1. The van der Waals surface area contributed by atoms with Crippen LogP contribution >= 0.6 is 0 Å². The Morgan fingerprint density at radius 1 is 1.00 bits per heavy atom. The molecule has 1 atom stereocenters. The summed E-state index contributed by atoms with van der Waals surface area (Å²) in [5, 5.41) is 3.42. The number of nitrogens with zero attached hydrogens (tertiary/aromatic N) is 1. The predicted molar refractivity (Wildman–Crippen MR) is 89.2 cm³/mol. The molecule has 5 heteroatoms. The van der Waals surface area contributed by atoms with Crippen LogP contribution in [0.3, 0.4) is 0 Å². The fourth-order valence-corrected chi connectivity index (χ4v) is 3.80. The van der Waals surface area contributed by atoms with E-state index in [9.17, 15) is 13.2 Å². The highest BCUT2D eigenvalue weighted by Gasteiger charge is 2.32. The zero-order valence-corrected chi connectivity index (χ0v) is 13.2. The van der Waals surface area contributed by atoms with Crippen molar-refractivity contribution in [1.82, 2.24) is 5.32 Å². The molecular weight excluding hydrogens is 313 g/mol. The second kappa shape index (κ2) is 5.81. The van der Waals surface area contributed by atoms with Crippen LogP contribution in [0.2, 0.25) is 0 Å². The van der Waals surface area contributed by atoms with Gasteiger partial charge in [0.1, 0.15) is 0 Å². The minimum atomic E-state index is -4.31. The lowest BCUT2D eigenvalue weighted by Gasteiger charge is -2.24. The largest absolute Gasteiger partial charge is 0.416 e. The number of nitrogens with one attached hydrogen (secondary N) is 1. The summed E-state index contributed by atoms with van der Waals surface area (Å²) < 4.78 is 38.8. The first-order valence-corrected chi connectivity index (χ1v) is 8.30. The van der Waals surface area contributed by atoms with Gasteiger partial charge in [-0.05, 0) is 60.3 Å². The summed E-state index contributed by atoms with van der Waals surface area (Å²) in [6.07, 6.45) is -2.23. The zero-order valence-electron chi connectivity index (χ0n) is 13.2. The van der Waals surface area contributed by atoms with Crippen LogP contribution in [0, 0.1) is 0 Å². The molecule has 24 heavy (non-hydrogen) atoms. The van der Waals surface area contributed by atoms with Gasteiger partial charge in [-0.3, -0.25) is 0 Å². The molecule has 0 radical (unpaired) electrons. The van der Waals surface area contributed by atoms with Crippen LogP contribution < -0.4 is 10.2 Å². The van der Waals surface area contributed by atoms with E-state index in [-0.39, 0.29) is 0 Å². The first-order valence-electron chi connectivity index (χ1n) is 8.30. The predicted octanol–water partition coefficient (Wildman–Crippen LogP) is 4.10. The minimum Gasteiger partial charge on any atom is -0.367 e. The van der Waals surface area contributed by atoms with Crippen molar-refractivity contribution in [2.45, 2.75) is 25.1 Å². The SMILES string of the molecule is FC(F)(F)c1cccc(-c2ccc3c(c2)CC2CCNCCN32)c1. The molecule has 0 saturated carbocycles. The average Bonchev–Trinajstić information content (AvgIpc) is 2.74. The van der Waals surface area contributed by atoms with Crippen LogP contribution in [0.15, 0.2) is 42.5 Å². The number of hydrogen-bond acceptors (Lipinski definition) is 2. The summed E-state index contributed by atoms with van der Waals surface area (Å²) in [6.45, 7) is 2.99. The van der Waals surface area contributed by atoms with Crippen molar-refractivity contribution in [3.8, 4) is 11.1 Å². The summed E-state index contributed by atoms with van der Waals surface area (Å²) in [7, 11) is 0. The van der Waals surface area contributed by atoms with Gasteiger partial charge >= 0.3 is 6.18 Å². The molecule has 0 amide bonds. The number of alkyl halides is 3. The third-order valence-electron chi connectivity index (χ3n) is 4.99. The van der Waals surface area contributed by atoms with Crippen molar-refractivity contribution < 1.29 is 13.2 Å². The summed E-state index contributed by atoms with van der Waals surface area (Å²) in [5.41, 5.74) is 3.36. The molecule has 0 aliphatic carbocycles. The van der Waals surface area contributed by atoms with E-state index in [1.807, 2.05) is 6.07 Å². The van der Waals surface area contributed by atoms with Crippen molar-refractivity contribution in [1.29, 1.82) is 0 Å². The number of anilines is 1. The molecule has 0 aromatic heterocycles. The highest BCUT2D eigenvalue weighted by molar-refractivity contribution is 5.71. The number of fused-ring (bicyclic) bond motifs is 3. The van der Waals surface area contributed by atoms with E-state index in [0.717, 1.165) is 44.1 Å². The highest BCUT2D eigenvalue weighted by Crippen LogP contribution is 2.38. The van der Waals surface area contributed by atoms with Crippen LogP contribution in [-0.2, 0) is 12.6 Å². The van der Waals surface area contributed by atoms with Crippen LogP contribution in [0.5, 0.6) is 0 Å². The molecule has 2 aliphatic rings. The smallest absolute Gasteiger partial charge is 0.367 e. The third-order valence-corrected chi connectivity index (χ3v) is 4.99. The molecule has 2 aromatic rings. The minimum absolute atomic E-state index is 0.506. The van der Waals surface area contributed by atoms with E-state index >= 15 is 0 Å². The molecule has 2 aliphatic heterocycles. The molecule has 2 heterocycles. The van der Waals surface area contributed by atoms with E-state index in [1.165, 1.54) is 23.4 Å². The Labute approximate surface area is 139 Å². The number of hydrogen-bond donors (Lipinski definition) is 1. The van der Waals surface area contributed by atoms with Gasteiger partial charge in [0.15, 0.2) is 0 Å². The lowest BCUT2D eigenvalue weighted by Crippen LogP contribution is -2.32. The van der Waals surface area contributed by atoms with Gasteiger partial charge in [-0.15, -0.1) is 0 Å². The Bertz CT molecular complexity index is 755. The fraction of sp³-hybridized carbons (Fsp3) is 0.368. The molecule has 2 nitrogen and oxygen atoms in total. The summed E-state index contributed by atoms with van der Waals surface area (Å²) in [6, 6.07) is 12.1. The van der Waals surface area contributed by atoms with Crippen LogP contribution in [-0.4, -0.2) is 25.7 Å². The van der Waals surface area contributed by atoms with Crippen molar-refractivity contribution >= 4 is 5.69 Å². The van der Waals surface area contributed by atoms with Crippen molar-refractivity contribution in [2.75, 3.05) is 24.5 Å². The first-order chi connectivity index (χ1) is 11.5. The highest BCUT2D eigenvalue weighted by atomic mass is 19.4. The summed E-state index contributed by atoms with van der Waals surface area (Å²) in [5.74, 6) is 0. The van der Waals surface area contributed by atoms with E-state index in [4.69, 9.17) is 0 Å². The lowest BCUT2D eigenvalue weighted by atomic mass is 9.99. The Balaban J connectivity index is 1.68. The average molecular weight is 332 g/mol. The molecule has 1 unspecified atom stereocenters. The second-order valence-electron chi connectivity index (χ2n) is 6.51. The van der Waals surface area contributed by atoms with Gasteiger partial charge in [-0.25, -0.2) is 0 Å². The van der Waals surface area contributed by atoms with Gasteiger partial charge in [0, 0.05) is 24.8 Å². The van der Waals surface area contributed by atoms with E-state index in [1.54, 1.807) is 6.07 Å². The molecule has 1 N–H and O–H groups in total. The van der Waals surface area contributed by atoms with E-state index < -0.39 is 11.7 Å². The lowest BCUT2D eigenvalue weighted by molar-refractivity contribution is -0.137. The van der Waals surface area contributed by atoms with Gasteiger partial charge in [-0.1, -0.05) is 18.2 Å². The molecule has 2 aromatic carbocycles. The van der Waals surface area contributed by atoms with Crippen LogP contribution in [0.25, 0.3) is 11.1 Å². The monoisotopic (exact) mass is 332 g/mol. The van der Waals surface area contributed by atoms with Gasteiger partial charge in [-0.2, -0.15) is 13.2 Å². The van der Waals surface area contributed by atoms with Crippen molar-refractivity contribution in [3.63, 3.8) is 0 Å². The molecule has 1 saturated heterocycles. The van der Waals surface area contributed by atoms with Crippen molar-refractivity contribution in [2.24, 2.45) is 0 Å². The van der Waals surface area contributed by atoms with E-state index in [2.05, 4.69) is 22.3 Å².